The zero-order chi connectivity index (χ0) is 10.1. The lowest BCUT2D eigenvalue weighted by molar-refractivity contribution is 0.128. The number of hydrogen-bond donors (Lipinski definition) is 1. The maximum atomic E-state index is 11.6. The van der Waals surface area contributed by atoms with E-state index in [1.54, 1.807) is 25.3 Å². The molecule has 1 heterocycles. The molecule has 0 amide bonds. The van der Waals surface area contributed by atoms with E-state index >= 15 is 0 Å². The number of aromatic nitrogens is 2. The molecule has 0 radical (unpaired) electrons. The number of fused-ring (bicyclic) bond motifs is 1. The average Bonchev–Trinajstić information content (AvgIpc) is 2.55. The highest BCUT2D eigenvalue weighted by molar-refractivity contribution is 5.79. The molecule has 0 aliphatic rings. The van der Waals surface area contributed by atoms with E-state index in [0.717, 1.165) is 10.4 Å². The fraction of sp³-hybridized carbons (Fsp3) is 0.222. The summed E-state index contributed by atoms with van der Waals surface area (Å²) in [4.78, 5) is 17.5. The van der Waals surface area contributed by atoms with Crippen molar-refractivity contribution in [1.29, 1.82) is 0 Å². The number of nitrogens with zero attached hydrogens (tertiary/aromatic N) is 1. The zero-order valence-corrected chi connectivity index (χ0v) is 7.90. The molecule has 5 heteroatoms. The van der Waals surface area contributed by atoms with E-state index in [1.165, 1.54) is 7.11 Å². The van der Waals surface area contributed by atoms with Crippen LogP contribution in [0, 0.1) is 0 Å². The van der Waals surface area contributed by atoms with Gasteiger partial charge in [0.1, 0.15) is 12.9 Å². The van der Waals surface area contributed by atoms with Gasteiger partial charge in [0.25, 0.3) is 0 Å². The minimum absolute atomic E-state index is 0.221. The van der Waals surface area contributed by atoms with Gasteiger partial charge in [-0.05, 0) is 18.2 Å². The van der Waals surface area contributed by atoms with Crippen LogP contribution in [0.15, 0.2) is 23.0 Å². The summed E-state index contributed by atoms with van der Waals surface area (Å²) >= 11 is 0. The Morgan fingerprint density at radius 1 is 1.36 bits per heavy atom. The van der Waals surface area contributed by atoms with Crippen molar-refractivity contribution in [2.45, 2.75) is 0 Å². The van der Waals surface area contributed by atoms with Crippen LogP contribution in [0.5, 0.6) is 5.75 Å². The largest absolute Gasteiger partial charge is 0.497 e. The van der Waals surface area contributed by atoms with Crippen LogP contribution < -0.4 is 15.1 Å². The number of methoxy groups -OCH3 is 1. The summed E-state index contributed by atoms with van der Waals surface area (Å²) in [6.07, 6.45) is 0. The van der Waals surface area contributed by atoms with E-state index in [-0.39, 0.29) is 5.56 Å². The Hall–Kier alpha value is -1.91. The molecule has 0 fully saturated rings. The fourth-order valence-corrected chi connectivity index (χ4v) is 1.32. The second kappa shape index (κ2) is 3.10. The third-order valence-corrected chi connectivity index (χ3v) is 2.05. The third kappa shape index (κ3) is 1.14. The number of ether oxygens (including phenoxy) is 1. The normalized spacial score (nSPS) is 10.4. The lowest BCUT2D eigenvalue weighted by Crippen LogP contribution is -2.21. The first-order valence-electron chi connectivity index (χ1n) is 4.09. The van der Waals surface area contributed by atoms with Gasteiger partial charge in [0.15, 0.2) is 0 Å². The van der Waals surface area contributed by atoms with Crippen LogP contribution in [-0.2, 0) is 0 Å². The molecule has 0 saturated heterocycles. The quantitative estimate of drug-likeness (QED) is 0.752. The molecular formula is C9H10N2O3. The van der Waals surface area contributed by atoms with Crippen LogP contribution in [0.3, 0.4) is 0 Å². The highest BCUT2D eigenvalue weighted by Gasteiger charge is 2.06. The van der Waals surface area contributed by atoms with E-state index in [4.69, 9.17) is 9.57 Å². The van der Waals surface area contributed by atoms with Crippen LogP contribution in [0.2, 0.25) is 0 Å². The SMILES string of the molecule is COc1ccc2[nH]n(OC)c(=O)c2c1. The van der Waals surface area contributed by atoms with Crippen LogP contribution >= 0.6 is 0 Å². The van der Waals surface area contributed by atoms with Gasteiger partial charge in [0, 0.05) is 0 Å². The van der Waals surface area contributed by atoms with Gasteiger partial charge in [0.05, 0.1) is 18.0 Å². The van der Waals surface area contributed by atoms with Crippen molar-refractivity contribution in [1.82, 2.24) is 9.94 Å². The van der Waals surface area contributed by atoms with Gasteiger partial charge >= 0.3 is 5.56 Å². The van der Waals surface area contributed by atoms with Gasteiger partial charge in [0.2, 0.25) is 0 Å². The molecule has 2 rings (SSSR count). The summed E-state index contributed by atoms with van der Waals surface area (Å²) in [5.41, 5.74) is 0.499. The predicted octanol–water partition coefficient (Wildman–Crippen LogP) is 0.397. The number of aromatic amines is 1. The minimum atomic E-state index is -0.221. The molecule has 0 atom stereocenters. The Kier molecular flexibility index (Phi) is 1.92. The zero-order valence-electron chi connectivity index (χ0n) is 7.90. The predicted molar refractivity (Wildman–Crippen MR) is 51.6 cm³/mol. The molecular weight excluding hydrogens is 184 g/mol. The van der Waals surface area contributed by atoms with Gasteiger partial charge in [-0.15, -0.1) is 0 Å². The second-order valence-corrected chi connectivity index (χ2v) is 2.81. The van der Waals surface area contributed by atoms with Gasteiger partial charge < -0.3 is 9.57 Å². The summed E-state index contributed by atoms with van der Waals surface area (Å²) < 4.78 is 5.02. The first-order valence-corrected chi connectivity index (χ1v) is 4.09. The van der Waals surface area contributed by atoms with Crippen LogP contribution in [0.4, 0.5) is 0 Å². The van der Waals surface area contributed by atoms with Crippen molar-refractivity contribution in [2.24, 2.45) is 0 Å². The van der Waals surface area contributed by atoms with E-state index < -0.39 is 0 Å². The molecule has 0 spiro atoms. The topological polar surface area (TPSA) is 56.2 Å². The molecule has 1 aromatic carbocycles. The van der Waals surface area contributed by atoms with Gasteiger partial charge in [-0.25, -0.2) is 0 Å². The maximum Gasteiger partial charge on any atom is 0.310 e. The molecule has 0 unspecified atom stereocenters. The lowest BCUT2D eigenvalue weighted by atomic mass is 10.2. The van der Waals surface area contributed by atoms with E-state index in [1.807, 2.05) is 0 Å². The molecule has 1 aromatic heterocycles. The molecule has 0 bridgehead atoms. The molecule has 0 saturated carbocycles. The lowest BCUT2D eigenvalue weighted by Gasteiger charge is -1.96. The third-order valence-electron chi connectivity index (χ3n) is 2.05. The first kappa shape index (κ1) is 8.68. The molecule has 74 valence electrons. The van der Waals surface area contributed by atoms with Crippen molar-refractivity contribution >= 4 is 10.9 Å². The smallest absolute Gasteiger partial charge is 0.310 e. The average molecular weight is 194 g/mol. The van der Waals surface area contributed by atoms with E-state index in [2.05, 4.69) is 5.10 Å². The number of rotatable bonds is 2. The van der Waals surface area contributed by atoms with Gasteiger partial charge in [-0.1, -0.05) is 4.85 Å². The van der Waals surface area contributed by atoms with Gasteiger partial charge in [-0.2, -0.15) is 0 Å². The molecule has 0 aliphatic heterocycles. The van der Waals surface area contributed by atoms with E-state index in [0.29, 0.717) is 11.1 Å². The van der Waals surface area contributed by atoms with Crippen LogP contribution in [0.25, 0.3) is 10.9 Å². The monoisotopic (exact) mass is 194 g/mol. The minimum Gasteiger partial charge on any atom is -0.497 e. The van der Waals surface area contributed by atoms with Crippen molar-refractivity contribution in [3.63, 3.8) is 0 Å². The Labute approximate surface area is 79.8 Å². The number of benzene rings is 1. The number of H-pyrrole nitrogens is 1. The summed E-state index contributed by atoms with van der Waals surface area (Å²) in [7, 11) is 2.98. The summed E-state index contributed by atoms with van der Waals surface area (Å²) in [5.74, 6) is 0.650. The van der Waals surface area contributed by atoms with Crippen LogP contribution in [0.1, 0.15) is 0 Å². The number of hydrogen-bond acceptors (Lipinski definition) is 3. The van der Waals surface area contributed by atoms with Crippen LogP contribution in [-0.4, -0.2) is 24.2 Å². The van der Waals surface area contributed by atoms with E-state index in [9.17, 15) is 4.79 Å². The summed E-state index contributed by atoms with van der Waals surface area (Å²) in [5, 5.41) is 3.34. The summed E-state index contributed by atoms with van der Waals surface area (Å²) in [6, 6.07) is 5.22. The Bertz CT molecular complexity index is 512. The molecule has 0 aliphatic carbocycles. The highest BCUT2D eigenvalue weighted by Crippen LogP contribution is 2.15. The molecule has 1 N–H and O–H groups in total. The molecule has 5 nitrogen and oxygen atoms in total. The Balaban J connectivity index is 2.74. The Morgan fingerprint density at radius 2 is 2.14 bits per heavy atom. The van der Waals surface area contributed by atoms with Crippen molar-refractivity contribution in [3.05, 3.63) is 28.6 Å². The maximum absolute atomic E-state index is 11.6. The van der Waals surface area contributed by atoms with Crippen molar-refractivity contribution in [2.75, 3.05) is 14.2 Å². The fourth-order valence-electron chi connectivity index (χ4n) is 1.32. The standard InChI is InChI=1S/C9H10N2O3/c1-13-6-3-4-8-7(5-6)9(12)11(10-8)14-2/h3-5,10H,1-2H3. The highest BCUT2D eigenvalue weighted by atomic mass is 16.7. The van der Waals surface area contributed by atoms with Crippen molar-refractivity contribution < 1.29 is 9.57 Å². The number of nitrogens with one attached hydrogen (secondary N) is 1. The second-order valence-electron chi connectivity index (χ2n) is 2.81. The summed E-state index contributed by atoms with van der Waals surface area (Å²) in [6.45, 7) is 0. The molecule has 14 heavy (non-hydrogen) atoms. The molecule has 2 aromatic rings. The first-order chi connectivity index (χ1) is 6.76. The van der Waals surface area contributed by atoms with Crippen molar-refractivity contribution in [3.8, 4) is 5.75 Å². The van der Waals surface area contributed by atoms with Gasteiger partial charge in [-0.3, -0.25) is 9.89 Å². The Morgan fingerprint density at radius 3 is 2.79 bits per heavy atom.